The van der Waals surface area contributed by atoms with Crippen molar-refractivity contribution in [2.75, 3.05) is 0 Å². The molecule has 2 heteroatoms. The van der Waals surface area contributed by atoms with Gasteiger partial charge in [0.2, 0.25) is 0 Å². The van der Waals surface area contributed by atoms with Crippen molar-refractivity contribution in [3.05, 3.63) is 77.0 Å². The number of nitrogens with zero attached hydrogens (tertiary/aromatic N) is 1. The van der Waals surface area contributed by atoms with Gasteiger partial charge in [-0.2, -0.15) is 0 Å². The predicted molar refractivity (Wildman–Crippen MR) is 81.7 cm³/mol. The molecule has 0 amide bonds. The van der Waals surface area contributed by atoms with Crippen molar-refractivity contribution in [1.82, 2.24) is 4.98 Å². The number of hydrogen-bond acceptors (Lipinski definition) is 2. The Labute approximate surface area is 118 Å². The van der Waals surface area contributed by atoms with E-state index in [0.717, 1.165) is 22.0 Å². The van der Waals surface area contributed by atoms with E-state index in [1.54, 1.807) is 6.20 Å². The second-order valence-corrected chi connectivity index (χ2v) is 5.16. The number of benzene rings is 2. The zero-order chi connectivity index (χ0) is 14.1. The van der Waals surface area contributed by atoms with Crippen molar-refractivity contribution in [2.24, 2.45) is 0 Å². The summed E-state index contributed by atoms with van der Waals surface area (Å²) in [5.74, 6) is 0. The molecule has 0 aliphatic heterocycles. The van der Waals surface area contributed by atoms with E-state index in [4.69, 9.17) is 0 Å². The fourth-order valence-corrected chi connectivity index (χ4v) is 2.47. The van der Waals surface area contributed by atoms with Crippen molar-refractivity contribution < 1.29 is 5.11 Å². The van der Waals surface area contributed by atoms with Gasteiger partial charge in [-0.1, -0.05) is 36.4 Å². The molecule has 2 nitrogen and oxygen atoms in total. The van der Waals surface area contributed by atoms with Crippen LogP contribution in [0.4, 0.5) is 0 Å². The molecular weight excluding hydrogens is 246 g/mol. The summed E-state index contributed by atoms with van der Waals surface area (Å²) in [5.41, 5.74) is 5.16. The van der Waals surface area contributed by atoms with Gasteiger partial charge in [-0.25, -0.2) is 0 Å². The van der Waals surface area contributed by atoms with Gasteiger partial charge in [0.05, 0.1) is 5.52 Å². The second kappa shape index (κ2) is 5.06. The minimum atomic E-state index is -0.623. The van der Waals surface area contributed by atoms with E-state index in [1.165, 1.54) is 11.1 Å². The maximum absolute atomic E-state index is 10.7. The number of para-hydroxylation sites is 1. The molecular formula is C18H17NO. The molecule has 0 saturated heterocycles. The molecule has 0 fully saturated rings. The van der Waals surface area contributed by atoms with Gasteiger partial charge in [-0.3, -0.25) is 4.98 Å². The molecule has 0 bridgehead atoms. The Kier molecular flexibility index (Phi) is 3.25. The molecule has 3 rings (SSSR count). The first-order valence-electron chi connectivity index (χ1n) is 6.75. The lowest BCUT2D eigenvalue weighted by atomic mass is 9.96. The summed E-state index contributed by atoms with van der Waals surface area (Å²) in [6.45, 7) is 4.14. The highest BCUT2D eigenvalue weighted by Crippen LogP contribution is 2.28. The summed E-state index contributed by atoms with van der Waals surface area (Å²) in [6.07, 6.45) is 1.13. The second-order valence-electron chi connectivity index (χ2n) is 5.16. The molecule has 100 valence electrons. The molecule has 0 saturated carbocycles. The number of pyridine rings is 1. The van der Waals surface area contributed by atoms with Crippen LogP contribution in [0.5, 0.6) is 0 Å². The van der Waals surface area contributed by atoms with E-state index in [1.807, 2.05) is 36.4 Å². The molecule has 0 spiro atoms. The van der Waals surface area contributed by atoms with Crippen LogP contribution in [-0.4, -0.2) is 10.1 Å². The van der Waals surface area contributed by atoms with E-state index >= 15 is 0 Å². The minimum absolute atomic E-state index is 0.623. The van der Waals surface area contributed by atoms with Gasteiger partial charge < -0.3 is 5.11 Å². The highest BCUT2D eigenvalue weighted by molar-refractivity contribution is 5.82. The molecule has 1 heterocycles. The highest BCUT2D eigenvalue weighted by atomic mass is 16.3. The van der Waals surface area contributed by atoms with Crippen molar-refractivity contribution in [3.63, 3.8) is 0 Å². The molecule has 0 radical (unpaired) electrons. The molecule has 1 N–H and O–H groups in total. The van der Waals surface area contributed by atoms with Crippen LogP contribution in [0.25, 0.3) is 10.9 Å². The summed E-state index contributed by atoms with van der Waals surface area (Å²) in [6, 6.07) is 15.9. The lowest BCUT2D eigenvalue weighted by molar-refractivity contribution is 0.221. The largest absolute Gasteiger partial charge is 0.384 e. The first kappa shape index (κ1) is 12.8. The molecule has 1 aromatic heterocycles. The summed E-state index contributed by atoms with van der Waals surface area (Å²) < 4.78 is 0. The number of fused-ring (bicyclic) bond motifs is 1. The number of aliphatic hydroxyl groups is 1. The lowest BCUT2D eigenvalue weighted by Gasteiger charge is -2.15. The molecule has 3 aromatic rings. The zero-order valence-electron chi connectivity index (χ0n) is 11.7. The van der Waals surface area contributed by atoms with Crippen LogP contribution in [0.2, 0.25) is 0 Å². The van der Waals surface area contributed by atoms with Crippen LogP contribution in [0.1, 0.15) is 28.4 Å². The molecule has 0 aliphatic rings. The average molecular weight is 263 g/mol. The first-order valence-corrected chi connectivity index (χ1v) is 6.75. The standard InChI is InChI=1S/C18H17NO/c1-12-7-8-14(11-13(12)2)18(20)16-9-10-19-17-6-4-3-5-15(16)17/h3-11,18,20H,1-2H3. The van der Waals surface area contributed by atoms with E-state index < -0.39 is 6.10 Å². The van der Waals surface area contributed by atoms with Crippen LogP contribution < -0.4 is 0 Å². The van der Waals surface area contributed by atoms with Gasteiger partial charge in [-0.05, 0) is 48.2 Å². The lowest BCUT2D eigenvalue weighted by Crippen LogP contribution is -2.02. The third kappa shape index (κ3) is 2.19. The molecule has 20 heavy (non-hydrogen) atoms. The number of hydrogen-bond donors (Lipinski definition) is 1. The predicted octanol–water partition coefficient (Wildman–Crippen LogP) is 3.93. The van der Waals surface area contributed by atoms with E-state index in [2.05, 4.69) is 31.0 Å². The Balaban J connectivity index is 2.12. The van der Waals surface area contributed by atoms with Gasteiger partial charge in [0, 0.05) is 11.6 Å². The summed E-state index contributed by atoms with van der Waals surface area (Å²) in [7, 11) is 0. The molecule has 2 aromatic carbocycles. The van der Waals surface area contributed by atoms with Gasteiger partial charge in [-0.15, -0.1) is 0 Å². The molecule has 1 unspecified atom stereocenters. The SMILES string of the molecule is Cc1ccc(C(O)c2ccnc3ccccc23)cc1C. The quantitative estimate of drug-likeness (QED) is 0.760. The minimum Gasteiger partial charge on any atom is -0.384 e. The van der Waals surface area contributed by atoms with Gasteiger partial charge >= 0.3 is 0 Å². The van der Waals surface area contributed by atoms with Gasteiger partial charge in [0.25, 0.3) is 0 Å². The zero-order valence-corrected chi connectivity index (χ0v) is 11.7. The van der Waals surface area contributed by atoms with Crippen LogP contribution in [0.3, 0.4) is 0 Å². The van der Waals surface area contributed by atoms with Crippen LogP contribution in [-0.2, 0) is 0 Å². The van der Waals surface area contributed by atoms with Crippen LogP contribution in [0.15, 0.2) is 54.7 Å². The van der Waals surface area contributed by atoms with Gasteiger partial charge in [0.1, 0.15) is 6.10 Å². The Bertz CT molecular complexity index is 759. The third-order valence-corrected chi connectivity index (χ3v) is 3.82. The average Bonchev–Trinajstić information content (AvgIpc) is 2.49. The normalized spacial score (nSPS) is 12.6. The van der Waals surface area contributed by atoms with E-state index in [9.17, 15) is 5.11 Å². The fourth-order valence-electron chi connectivity index (χ4n) is 2.47. The summed E-state index contributed by atoms with van der Waals surface area (Å²) in [4.78, 5) is 4.34. The Morgan fingerprint density at radius 2 is 1.75 bits per heavy atom. The monoisotopic (exact) mass is 263 g/mol. The van der Waals surface area contributed by atoms with Crippen molar-refractivity contribution in [2.45, 2.75) is 20.0 Å². The Morgan fingerprint density at radius 1 is 0.950 bits per heavy atom. The molecule has 1 atom stereocenters. The molecule has 0 aliphatic carbocycles. The van der Waals surface area contributed by atoms with Crippen molar-refractivity contribution in [3.8, 4) is 0 Å². The third-order valence-electron chi connectivity index (χ3n) is 3.82. The van der Waals surface area contributed by atoms with Crippen molar-refractivity contribution in [1.29, 1.82) is 0 Å². The Morgan fingerprint density at radius 3 is 2.55 bits per heavy atom. The number of aryl methyl sites for hydroxylation is 2. The maximum atomic E-state index is 10.7. The van der Waals surface area contributed by atoms with Crippen LogP contribution in [0, 0.1) is 13.8 Å². The summed E-state index contributed by atoms with van der Waals surface area (Å²) >= 11 is 0. The van der Waals surface area contributed by atoms with E-state index in [-0.39, 0.29) is 0 Å². The smallest absolute Gasteiger partial charge is 0.105 e. The van der Waals surface area contributed by atoms with Crippen LogP contribution >= 0.6 is 0 Å². The fraction of sp³-hybridized carbons (Fsp3) is 0.167. The first-order chi connectivity index (χ1) is 9.66. The number of aliphatic hydroxyl groups excluding tert-OH is 1. The highest BCUT2D eigenvalue weighted by Gasteiger charge is 2.14. The number of aromatic nitrogens is 1. The van der Waals surface area contributed by atoms with E-state index in [0.29, 0.717) is 0 Å². The topological polar surface area (TPSA) is 33.1 Å². The van der Waals surface area contributed by atoms with Crippen molar-refractivity contribution >= 4 is 10.9 Å². The maximum Gasteiger partial charge on any atom is 0.105 e. The Hall–Kier alpha value is -2.19. The number of rotatable bonds is 2. The van der Waals surface area contributed by atoms with Gasteiger partial charge in [0.15, 0.2) is 0 Å². The summed E-state index contributed by atoms with van der Waals surface area (Å²) in [5, 5.41) is 11.7.